The van der Waals surface area contributed by atoms with Crippen molar-refractivity contribution >= 4 is 11.3 Å². The third kappa shape index (κ3) is 4.14. The van der Waals surface area contributed by atoms with E-state index >= 15 is 0 Å². The molecule has 22 heavy (non-hydrogen) atoms. The molecular weight excluding hydrogens is 290 g/mol. The Morgan fingerprint density at radius 1 is 1.23 bits per heavy atom. The highest BCUT2D eigenvalue weighted by atomic mass is 32.1. The lowest BCUT2D eigenvalue weighted by Gasteiger charge is -2.18. The predicted octanol–water partition coefficient (Wildman–Crippen LogP) is 4.26. The summed E-state index contributed by atoms with van der Waals surface area (Å²) in [5.41, 5.74) is 2.42. The molecule has 118 valence electrons. The zero-order valence-electron chi connectivity index (χ0n) is 13.4. The highest BCUT2D eigenvalue weighted by molar-refractivity contribution is 7.09. The van der Waals surface area contributed by atoms with Gasteiger partial charge in [-0.15, -0.1) is 11.3 Å². The normalized spacial score (nSPS) is 15.7. The fourth-order valence-corrected chi connectivity index (χ4v) is 4.13. The Labute approximate surface area is 137 Å². The van der Waals surface area contributed by atoms with Gasteiger partial charge in [-0.25, -0.2) is 4.98 Å². The van der Waals surface area contributed by atoms with Gasteiger partial charge in [0.1, 0.15) is 0 Å². The molecule has 2 heterocycles. The van der Waals surface area contributed by atoms with E-state index in [1.165, 1.54) is 42.1 Å². The fourth-order valence-electron chi connectivity index (χ4n) is 3.15. The lowest BCUT2D eigenvalue weighted by Crippen LogP contribution is -2.25. The highest BCUT2D eigenvalue weighted by Gasteiger charge is 2.20. The minimum atomic E-state index is 0.738. The van der Waals surface area contributed by atoms with Crippen molar-refractivity contribution in [1.29, 1.82) is 0 Å². The van der Waals surface area contributed by atoms with Crippen molar-refractivity contribution in [3.63, 3.8) is 0 Å². The summed E-state index contributed by atoms with van der Waals surface area (Å²) >= 11 is 1.86. The van der Waals surface area contributed by atoms with Crippen LogP contribution in [0, 0.1) is 0 Å². The van der Waals surface area contributed by atoms with Gasteiger partial charge >= 0.3 is 0 Å². The number of nitrogens with zero attached hydrogens (tertiary/aromatic N) is 3. The maximum atomic E-state index is 4.90. The maximum Gasteiger partial charge on any atom is 0.0959 e. The number of pyridine rings is 1. The Hall–Kier alpha value is -1.26. The molecule has 4 heteroatoms. The summed E-state index contributed by atoms with van der Waals surface area (Å²) < 4.78 is 0. The maximum absolute atomic E-state index is 4.90. The Balaban J connectivity index is 1.53. The predicted molar refractivity (Wildman–Crippen MR) is 92.2 cm³/mol. The Morgan fingerprint density at radius 2 is 2.09 bits per heavy atom. The van der Waals surface area contributed by atoms with Gasteiger partial charge in [0, 0.05) is 42.7 Å². The Morgan fingerprint density at radius 3 is 2.82 bits per heavy atom. The standard InChI is InChI=1S/C18H25N3S/c1-2-21(12-10-16-9-5-6-11-19-16)13-17-14-22-18(20-17)15-7-3-4-8-15/h5-6,9,11,14-15H,2-4,7-8,10,12-13H2,1H3. The second-order valence-corrected chi connectivity index (χ2v) is 6.99. The molecule has 1 saturated carbocycles. The summed E-state index contributed by atoms with van der Waals surface area (Å²) in [4.78, 5) is 11.8. The first-order valence-corrected chi connectivity index (χ1v) is 9.29. The van der Waals surface area contributed by atoms with Crippen LogP contribution in [0.1, 0.15) is 54.9 Å². The quantitative estimate of drug-likeness (QED) is 0.764. The molecule has 0 aromatic carbocycles. The summed E-state index contributed by atoms with van der Waals surface area (Å²) in [5.74, 6) is 0.738. The molecule has 1 aliphatic carbocycles. The van der Waals surface area contributed by atoms with Crippen molar-refractivity contribution < 1.29 is 0 Å². The molecule has 0 saturated heterocycles. The van der Waals surface area contributed by atoms with Gasteiger partial charge in [-0.05, 0) is 31.5 Å². The molecule has 0 amide bonds. The number of aromatic nitrogens is 2. The lowest BCUT2D eigenvalue weighted by atomic mass is 10.1. The van der Waals surface area contributed by atoms with Crippen molar-refractivity contribution in [2.24, 2.45) is 0 Å². The van der Waals surface area contributed by atoms with Crippen molar-refractivity contribution in [2.75, 3.05) is 13.1 Å². The van der Waals surface area contributed by atoms with Gasteiger partial charge in [0.15, 0.2) is 0 Å². The van der Waals surface area contributed by atoms with E-state index in [4.69, 9.17) is 4.98 Å². The fraction of sp³-hybridized carbons (Fsp3) is 0.556. The Bertz CT molecular complexity index is 561. The molecule has 3 nitrogen and oxygen atoms in total. The minimum Gasteiger partial charge on any atom is -0.297 e. The summed E-state index contributed by atoms with van der Waals surface area (Å²) in [5, 5.41) is 3.63. The second kappa shape index (κ2) is 7.84. The van der Waals surface area contributed by atoms with Crippen LogP contribution in [0.4, 0.5) is 0 Å². The largest absolute Gasteiger partial charge is 0.297 e. The van der Waals surface area contributed by atoms with E-state index < -0.39 is 0 Å². The number of hydrogen-bond donors (Lipinski definition) is 0. The van der Waals surface area contributed by atoms with Crippen LogP contribution in [0.5, 0.6) is 0 Å². The average molecular weight is 315 g/mol. The molecule has 0 unspecified atom stereocenters. The summed E-state index contributed by atoms with van der Waals surface area (Å²) in [6, 6.07) is 6.14. The van der Waals surface area contributed by atoms with E-state index in [1.807, 2.05) is 23.6 Å². The molecular formula is C18H25N3S. The van der Waals surface area contributed by atoms with E-state index in [0.717, 1.165) is 32.0 Å². The first-order valence-electron chi connectivity index (χ1n) is 8.41. The minimum absolute atomic E-state index is 0.738. The van der Waals surface area contributed by atoms with Gasteiger partial charge in [-0.2, -0.15) is 0 Å². The molecule has 3 rings (SSSR count). The number of likely N-dealkylation sites (N-methyl/N-ethyl adjacent to an activating group) is 1. The van der Waals surface area contributed by atoms with Crippen LogP contribution in [0.3, 0.4) is 0 Å². The van der Waals surface area contributed by atoms with Crippen molar-refractivity contribution in [3.8, 4) is 0 Å². The molecule has 0 bridgehead atoms. The monoisotopic (exact) mass is 315 g/mol. The number of thiazole rings is 1. The summed E-state index contributed by atoms with van der Waals surface area (Å²) in [6.07, 6.45) is 8.32. The molecule has 1 fully saturated rings. The van der Waals surface area contributed by atoms with E-state index in [-0.39, 0.29) is 0 Å². The van der Waals surface area contributed by atoms with Gasteiger partial charge in [0.2, 0.25) is 0 Å². The molecule has 2 aromatic heterocycles. The van der Waals surface area contributed by atoms with Gasteiger partial charge in [0.05, 0.1) is 10.7 Å². The third-order valence-corrected chi connectivity index (χ3v) is 5.57. The van der Waals surface area contributed by atoms with Crippen molar-refractivity contribution in [1.82, 2.24) is 14.9 Å². The molecule has 0 radical (unpaired) electrons. The van der Waals surface area contributed by atoms with Gasteiger partial charge < -0.3 is 0 Å². The average Bonchev–Trinajstić information content (AvgIpc) is 3.23. The van der Waals surface area contributed by atoms with Crippen LogP contribution in [0.2, 0.25) is 0 Å². The second-order valence-electron chi connectivity index (χ2n) is 6.10. The zero-order valence-corrected chi connectivity index (χ0v) is 14.2. The zero-order chi connectivity index (χ0) is 15.2. The van der Waals surface area contributed by atoms with E-state index in [1.54, 1.807) is 0 Å². The van der Waals surface area contributed by atoms with Crippen molar-refractivity contribution in [3.05, 3.63) is 46.2 Å². The van der Waals surface area contributed by atoms with Crippen LogP contribution in [-0.4, -0.2) is 28.0 Å². The van der Waals surface area contributed by atoms with E-state index in [2.05, 4.69) is 34.3 Å². The van der Waals surface area contributed by atoms with Crippen LogP contribution < -0.4 is 0 Å². The topological polar surface area (TPSA) is 29.0 Å². The molecule has 2 aromatic rings. The number of rotatable bonds is 7. The first kappa shape index (κ1) is 15.6. The molecule has 0 atom stereocenters. The highest BCUT2D eigenvalue weighted by Crippen LogP contribution is 2.35. The number of hydrogen-bond acceptors (Lipinski definition) is 4. The smallest absolute Gasteiger partial charge is 0.0959 e. The van der Waals surface area contributed by atoms with Crippen LogP contribution in [-0.2, 0) is 13.0 Å². The summed E-state index contributed by atoms with van der Waals surface area (Å²) in [7, 11) is 0. The SMILES string of the molecule is CCN(CCc1ccccn1)Cc1csc(C2CCCC2)n1. The molecule has 0 aliphatic heterocycles. The first-order chi connectivity index (χ1) is 10.8. The van der Waals surface area contributed by atoms with Crippen molar-refractivity contribution in [2.45, 2.75) is 51.5 Å². The van der Waals surface area contributed by atoms with Crippen LogP contribution in [0.25, 0.3) is 0 Å². The van der Waals surface area contributed by atoms with Crippen LogP contribution in [0.15, 0.2) is 29.8 Å². The third-order valence-electron chi connectivity index (χ3n) is 4.52. The molecule has 0 spiro atoms. The molecule has 1 aliphatic rings. The van der Waals surface area contributed by atoms with Gasteiger partial charge in [-0.3, -0.25) is 9.88 Å². The lowest BCUT2D eigenvalue weighted by molar-refractivity contribution is 0.279. The van der Waals surface area contributed by atoms with Crippen LogP contribution >= 0.6 is 11.3 Å². The van der Waals surface area contributed by atoms with Gasteiger partial charge in [-0.1, -0.05) is 25.8 Å². The molecule has 0 N–H and O–H groups in total. The summed E-state index contributed by atoms with van der Waals surface area (Å²) in [6.45, 7) is 5.29. The van der Waals surface area contributed by atoms with E-state index in [9.17, 15) is 0 Å². The Kier molecular flexibility index (Phi) is 5.57. The van der Waals surface area contributed by atoms with Gasteiger partial charge in [0.25, 0.3) is 0 Å². The van der Waals surface area contributed by atoms with E-state index in [0.29, 0.717) is 0 Å².